The summed E-state index contributed by atoms with van der Waals surface area (Å²) in [5.41, 5.74) is 0.571. The van der Waals surface area contributed by atoms with Crippen LogP contribution in [0.4, 0.5) is 5.69 Å². The fourth-order valence-corrected chi connectivity index (χ4v) is 3.25. The van der Waals surface area contributed by atoms with Gasteiger partial charge in [-0.25, -0.2) is 4.79 Å². The molecule has 0 radical (unpaired) electrons. The number of anilines is 1. The van der Waals surface area contributed by atoms with Gasteiger partial charge in [-0.3, -0.25) is 4.79 Å². The third-order valence-electron chi connectivity index (χ3n) is 3.90. The third kappa shape index (κ3) is 5.99. The highest BCUT2D eigenvalue weighted by molar-refractivity contribution is 7.99. The van der Waals surface area contributed by atoms with Gasteiger partial charge in [0.25, 0.3) is 5.91 Å². The average molecular weight is 406 g/mol. The molecule has 7 heteroatoms. The second kappa shape index (κ2) is 10.2. The molecule has 0 bridgehead atoms. The number of thioether (sulfide) groups is 1. The number of benzene rings is 3. The number of rotatable bonds is 8. The molecule has 1 N–H and O–H groups in total. The smallest absolute Gasteiger partial charge is 0.344 e. The second-order valence-corrected chi connectivity index (χ2v) is 6.97. The zero-order valence-electron chi connectivity index (χ0n) is 15.5. The highest BCUT2D eigenvalue weighted by Gasteiger charge is 2.11. The zero-order valence-corrected chi connectivity index (χ0v) is 16.3. The number of hydrogen-bond acceptors (Lipinski definition) is 6. The van der Waals surface area contributed by atoms with Crippen LogP contribution in [0.1, 0.15) is 0 Å². The highest BCUT2D eigenvalue weighted by Crippen LogP contribution is 2.26. The predicted octanol–water partition coefficient (Wildman–Crippen LogP) is 4.02. The number of amides is 1. The normalized spacial score (nSPS) is 10.2. The van der Waals surface area contributed by atoms with Crippen LogP contribution in [-0.4, -0.2) is 30.8 Å². The summed E-state index contributed by atoms with van der Waals surface area (Å²) in [4.78, 5) is 24.7. The third-order valence-corrected chi connectivity index (χ3v) is 4.84. The van der Waals surface area contributed by atoms with Crippen molar-refractivity contribution in [2.75, 3.05) is 24.3 Å². The van der Waals surface area contributed by atoms with Gasteiger partial charge in [-0.15, -0.1) is 11.8 Å². The number of para-hydroxylation sites is 1. The topological polar surface area (TPSA) is 88.4 Å². The van der Waals surface area contributed by atoms with E-state index < -0.39 is 18.5 Å². The molecule has 3 aromatic rings. The van der Waals surface area contributed by atoms with Gasteiger partial charge >= 0.3 is 5.97 Å². The maximum absolute atomic E-state index is 12.1. The van der Waals surface area contributed by atoms with Gasteiger partial charge in [-0.1, -0.05) is 42.5 Å². The molecule has 0 heterocycles. The van der Waals surface area contributed by atoms with Gasteiger partial charge < -0.3 is 14.8 Å². The fraction of sp³-hybridized carbons (Fsp3) is 0.136. The monoisotopic (exact) mass is 406 g/mol. The van der Waals surface area contributed by atoms with E-state index in [4.69, 9.17) is 14.7 Å². The van der Waals surface area contributed by atoms with Crippen LogP contribution >= 0.6 is 11.8 Å². The molecule has 0 unspecified atom stereocenters. The molecule has 3 aromatic carbocycles. The van der Waals surface area contributed by atoms with Crippen molar-refractivity contribution in [3.8, 4) is 11.8 Å². The minimum absolute atomic E-state index is 0.272. The van der Waals surface area contributed by atoms with Gasteiger partial charge in [0, 0.05) is 4.90 Å². The van der Waals surface area contributed by atoms with Gasteiger partial charge in [-0.05, 0) is 35.0 Å². The van der Waals surface area contributed by atoms with Gasteiger partial charge in [0.15, 0.2) is 13.2 Å². The lowest BCUT2D eigenvalue weighted by Crippen LogP contribution is -2.23. The summed E-state index contributed by atoms with van der Waals surface area (Å²) in [7, 11) is 0. The van der Waals surface area contributed by atoms with E-state index in [2.05, 4.69) is 5.32 Å². The molecule has 0 saturated carbocycles. The van der Waals surface area contributed by atoms with E-state index >= 15 is 0 Å². The van der Waals surface area contributed by atoms with E-state index in [1.54, 1.807) is 24.3 Å². The van der Waals surface area contributed by atoms with Crippen LogP contribution in [0.15, 0.2) is 71.6 Å². The van der Waals surface area contributed by atoms with Crippen molar-refractivity contribution >= 4 is 40.1 Å². The molecule has 0 aliphatic heterocycles. The minimum atomic E-state index is -0.638. The Morgan fingerprint density at radius 1 is 0.966 bits per heavy atom. The fourth-order valence-electron chi connectivity index (χ4n) is 2.58. The summed E-state index contributed by atoms with van der Waals surface area (Å²) in [5, 5.41) is 13.5. The molecule has 0 saturated heterocycles. The molecule has 146 valence electrons. The number of carbonyl (C=O) groups excluding carboxylic acids is 2. The molecular weight excluding hydrogens is 388 g/mol. The number of carbonyl (C=O) groups is 2. The van der Waals surface area contributed by atoms with E-state index in [1.807, 2.05) is 48.5 Å². The van der Waals surface area contributed by atoms with Gasteiger partial charge in [0.05, 0.1) is 17.5 Å². The zero-order chi connectivity index (χ0) is 20.5. The van der Waals surface area contributed by atoms with E-state index in [0.717, 1.165) is 15.7 Å². The Bertz CT molecular complexity index is 1060. The summed E-state index contributed by atoms with van der Waals surface area (Å²) in [6, 6.07) is 22.5. The molecule has 0 aliphatic carbocycles. The van der Waals surface area contributed by atoms with Gasteiger partial charge in [0.2, 0.25) is 0 Å². The van der Waals surface area contributed by atoms with Crippen molar-refractivity contribution in [2.45, 2.75) is 4.90 Å². The van der Waals surface area contributed by atoms with Crippen molar-refractivity contribution < 1.29 is 19.1 Å². The molecule has 1 amide bonds. The number of esters is 1. The van der Waals surface area contributed by atoms with Crippen molar-refractivity contribution in [3.63, 3.8) is 0 Å². The number of ether oxygens (including phenoxy) is 2. The van der Waals surface area contributed by atoms with Crippen LogP contribution < -0.4 is 10.1 Å². The van der Waals surface area contributed by atoms with Crippen molar-refractivity contribution in [1.82, 2.24) is 0 Å². The largest absolute Gasteiger partial charge is 0.482 e. The van der Waals surface area contributed by atoms with Crippen molar-refractivity contribution in [1.29, 1.82) is 5.26 Å². The van der Waals surface area contributed by atoms with E-state index in [0.29, 0.717) is 11.4 Å². The van der Waals surface area contributed by atoms with E-state index in [1.165, 1.54) is 11.8 Å². The van der Waals surface area contributed by atoms with E-state index in [-0.39, 0.29) is 12.4 Å². The molecule has 0 atom stereocenters. The Labute approximate surface area is 172 Å². The van der Waals surface area contributed by atoms with Gasteiger partial charge in [-0.2, -0.15) is 5.26 Å². The first-order valence-electron chi connectivity index (χ1n) is 8.81. The summed E-state index contributed by atoms with van der Waals surface area (Å²) in [6.07, 6.45) is 0. The first kappa shape index (κ1) is 20.2. The summed E-state index contributed by atoms with van der Waals surface area (Å²) >= 11 is 1.32. The van der Waals surface area contributed by atoms with Crippen molar-refractivity contribution in [2.24, 2.45) is 0 Å². The maximum Gasteiger partial charge on any atom is 0.344 e. The van der Waals surface area contributed by atoms with Crippen LogP contribution in [0, 0.1) is 11.3 Å². The number of hydrogen-bond donors (Lipinski definition) is 1. The van der Waals surface area contributed by atoms with E-state index in [9.17, 15) is 9.59 Å². The molecule has 3 rings (SSSR count). The Morgan fingerprint density at radius 3 is 2.55 bits per heavy atom. The molecule has 0 aliphatic rings. The maximum atomic E-state index is 12.1. The predicted molar refractivity (Wildman–Crippen MR) is 112 cm³/mol. The molecule has 0 fully saturated rings. The standard InChI is InChI=1S/C22H18N2O4S/c23-11-12-29-20-8-4-3-7-19(20)24-21(25)14-28-22(26)15-27-18-10-9-16-5-1-2-6-17(16)13-18/h1-10,13H,12,14-15H2,(H,24,25). The Morgan fingerprint density at radius 2 is 1.72 bits per heavy atom. The lowest BCUT2D eigenvalue weighted by atomic mass is 10.1. The van der Waals surface area contributed by atoms with Gasteiger partial charge in [0.1, 0.15) is 5.75 Å². The number of nitriles is 1. The van der Waals surface area contributed by atoms with Crippen LogP contribution in [0.2, 0.25) is 0 Å². The first-order chi connectivity index (χ1) is 14.2. The summed E-state index contributed by atoms with van der Waals surface area (Å²) in [6.45, 7) is -0.711. The lowest BCUT2D eigenvalue weighted by molar-refractivity contribution is -0.149. The number of fused-ring (bicyclic) bond motifs is 1. The Kier molecular flexibility index (Phi) is 7.09. The highest BCUT2D eigenvalue weighted by atomic mass is 32.2. The number of nitrogens with one attached hydrogen (secondary N) is 1. The summed E-state index contributed by atoms with van der Waals surface area (Å²) < 4.78 is 10.4. The quantitative estimate of drug-likeness (QED) is 0.449. The van der Waals surface area contributed by atoms with Crippen LogP contribution in [0.3, 0.4) is 0 Å². The van der Waals surface area contributed by atoms with Crippen LogP contribution in [0.5, 0.6) is 5.75 Å². The Hall–Kier alpha value is -3.50. The molecule has 29 heavy (non-hydrogen) atoms. The van der Waals surface area contributed by atoms with Crippen molar-refractivity contribution in [3.05, 3.63) is 66.7 Å². The average Bonchev–Trinajstić information content (AvgIpc) is 2.75. The lowest BCUT2D eigenvalue weighted by Gasteiger charge is -2.10. The number of nitrogens with zero attached hydrogens (tertiary/aromatic N) is 1. The SMILES string of the molecule is N#CCSc1ccccc1NC(=O)COC(=O)COc1ccc2ccccc2c1. The first-order valence-corrected chi connectivity index (χ1v) is 9.80. The molecular formula is C22H18N2O4S. The molecule has 0 spiro atoms. The van der Waals surface area contributed by atoms with Crippen LogP contribution in [-0.2, 0) is 14.3 Å². The molecule has 6 nitrogen and oxygen atoms in total. The second-order valence-electron chi connectivity index (χ2n) is 5.95. The molecule has 0 aromatic heterocycles. The van der Waals surface area contributed by atoms with Crippen LogP contribution in [0.25, 0.3) is 10.8 Å². The summed E-state index contributed by atoms with van der Waals surface area (Å²) in [5.74, 6) is -0.281. The minimum Gasteiger partial charge on any atom is -0.482 e. The Balaban J connectivity index is 1.46.